The van der Waals surface area contributed by atoms with Crippen molar-refractivity contribution in [2.75, 3.05) is 7.11 Å². The summed E-state index contributed by atoms with van der Waals surface area (Å²) in [6.45, 7) is 0.256. The van der Waals surface area contributed by atoms with Crippen LogP contribution in [0.25, 0.3) is 0 Å². The molecule has 0 saturated heterocycles. The predicted molar refractivity (Wildman–Crippen MR) is 104 cm³/mol. The molecule has 1 amide bonds. The lowest BCUT2D eigenvalue weighted by atomic mass is 9.54. The summed E-state index contributed by atoms with van der Waals surface area (Å²) in [5.74, 6) is 5.34. The van der Waals surface area contributed by atoms with Gasteiger partial charge in [-0.15, -0.1) is 0 Å². The molecule has 0 spiro atoms. The highest BCUT2D eigenvalue weighted by molar-refractivity contribution is 5.91. The Morgan fingerprint density at radius 1 is 1.00 bits per heavy atom. The van der Waals surface area contributed by atoms with Crippen molar-refractivity contribution in [3.63, 3.8) is 0 Å². The molecule has 4 fully saturated rings. The number of carbonyl (C=O) groups excluding carboxylic acids is 1. The average molecular weight is 381 g/mol. The van der Waals surface area contributed by atoms with Crippen molar-refractivity contribution in [1.82, 2.24) is 5.32 Å². The monoisotopic (exact) mass is 381 g/mol. The van der Waals surface area contributed by atoms with E-state index in [1.54, 1.807) is 19.2 Å². The van der Waals surface area contributed by atoms with Crippen molar-refractivity contribution >= 4 is 5.91 Å². The van der Waals surface area contributed by atoms with Crippen molar-refractivity contribution in [2.24, 2.45) is 23.7 Å². The molecule has 1 heterocycles. The van der Waals surface area contributed by atoms with E-state index in [-0.39, 0.29) is 12.5 Å². The van der Waals surface area contributed by atoms with Crippen molar-refractivity contribution < 1.29 is 18.7 Å². The van der Waals surface area contributed by atoms with Gasteiger partial charge in [0.1, 0.15) is 12.4 Å². The van der Waals surface area contributed by atoms with Crippen LogP contribution in [-0.4, -0.2) is 19.1 Å². The Labute approximate surface area is 165 Å². The maximum absolute atomic E-state index is 12.8. The smallest absolute Gasteiger partial charge is 0.287 e. The number of amides is 1. The van der Waals surface area contributed by atoms with Crippen LogP contribution >= 0.6 is 0 Å². The number of ether oxygens (including phenoxy) is 2. The summed E-state index contributed by atoms with van der Waals surface area (Å²) in [4.78, 5) is 12.8. The minimum atomic E-state index is -0.0963. The second-order valence-corrected chi connectivity index (χ2v) is 8.64. The molecule has 1 aromatic carbocycles. The standard InChI is InChI=1S/C23H27NO4/c1-26-19-4-2-3-5-20(19)27-13-18-6-7-21(28-18)23(25)24-22-16-9-14-8-15(11-16)12-17(22)10-14/h2-7,14-17,22H,8-13H2,1H3,(H,24,25). The second-order valence-electron chi connectivity index (χ2n) is 8.64. The number of rotatable bonds is 6. The van der Waals surface area contributed by atoms with Crippen molar-refractivity contribution in [1.29, 1.82) is 0 Å². The SMILES string of the molecule is COc1ccccc1OCc1ccc(C(=O)NC2C3CC4CC(C3)CC2C4)o1. The number of benzene rings is 1. The minimum Gasteiger partial charge on any atom is -0.493 e. The fourth-order valence-electron chi connectivity index (χ4n) is 5.85. The molecule has 0 unspecified atom stereocenters. The number of carbonyl (C=O) groups is 1. The first kappa shape index (κ1) is 17.7. The number of methoxy groups -OCH3 is 1. The third-order valence-corrected chi connectivity index (χ3v) is 6.85. The minimum absolute atomic E-state index is 0.0963. The van der Waals surface area contributed by atoms with E-state index in [9.17, 15) is 4.79 Å². The quantitative estimate of drug-likeness (QED) is 0.805. The Morgan fingerprint density at radius 2 is 1.68 bits per heavy atom. The molecule has 5 heteroatoms. The summed E-state index contributed by atoms with van der Waals surface area (Å²) in [7, 11) is 1.61. The number of hydrogen-bond acceptors (Lipinski definition) is 4. The van der Waals surface area contributed by atoms with Gasteiger partial charge in [-0.25, -0.2) is 0 Å². The molecule has 148 valence electrons. The van der Waals surface area contributed by atoms with Crippen molar-refractivity contribution in [2.45, 2.75) is 44.8 Å². The van der Waals surface area contributed by atoms with E-state index in [0.29, 0.717) is 40.9 Å². The van der Waals surface area contributed by atoms with Crippen LogP contribution in [-0.2, 0) is 6.61 Å². The highest BCUT2D eigenvalue weighted by Crippen LogP contribution is 2.53. The lowest BCUT2D eigenvalue weighted by Gasteiger charge is -2.54. The molecule has 1 aromatic heterocycles. The van der Waals surface area contributed by atoms with Crippen LogP contribution in [0.15, 0.2) is 40.8 Å². The number of para-hydroxylation sites is 2. The van der Waals surface area contributed by atoms with Crippen LogP contribution in [0.1, 0.15) is 48.4 Å². The predicted octanol–water partition coefficient (Wildman–Crippen LogP) is 4.42. The summed E-state index contributed by atoms with van der Waals surface area (Å²) < 4.78 is 16.8. The third-order valence-electron chi connectivity index (χ3n) is 6.85. The molecule has 1 N–H and O–H groups in total. The van der Waals surface area contributed by atoms with E-state index in [1.165, 1.54) is 32.1 Å². The van der Waals surface area contributed by atoms with Crippen LogP contribution in [0.5, 0.6) is 11.5 Å². The molecular formula is C23H27NO4. The van der Waals surface area contributed by atoms with Gasteiger partial charge < -0.3 is 19.2 Å². The molecule has 4 saturated carbocycles. The van der Waals surface area contributed by atoms with Crippen molar-refractivity contribution in [3.05, 3.63) is 47.9 Å². The highest BCUT2D eigenvalue weighted by Gasteiger charge is 2.48. The number of hydrogen-bond donors (Lipinski definition) is 1. The van der Waals surface area contributed by atoms with Gasteiger partial charge in [0, 0.05) is 6.04 Å². The first-order valence-corrected chi connectivity index (χ1v) is 10.3. The zero-order chi connectivity index (χ0) is 19.1. The Bertz CT molecular complexity index is 830. The Hall–Kier alpha value is -2.43. The third kappa shape index (κ3) is 3.27. The van der Waals surface area contributed by atoms with E-state index in [4.69, 9.17) is 13.9 Å². The lowest BCUT2D eigenvalue weighted by Crippen LogP contribution is -2.55. The van der Waals surface area contributed by atoms with Gasteiger partial charge >= 0.3 is 0 Å². The fourth-order valence-corrected chi connectivity index (χ4v) is 5.85. The summed E-state index contributed by atoms with van der Waals surface area (Å²) in [6.07, 6.45) is 6.56. The van der Waals surface area contributed by atoms with E-state index >= 15 is 0 Å². The molecular weight excluding hydrogens is 354 g/mol. The first-order chi connectivity index (χ1) is 13.7. The van der Waals surface area contributed by atoms with Gasteiger partial charge in [-0.1, -0.05) is 12.1 Å². The second kappa shape index (κ2) is 7.19. The van der Waals surface area contributed by atoms with E-state index in [2.05, 4.69) is 5.32 Å². The van der Waals surface area contributed by atoms with Gasteiger partial charge in [0.25, 0.3) is 5.91 Å². The van der Waals surface area contributed by atoms with Crippen LogP contribution < -0.4 is 14.8 Å². The fraction of sp³-hybridized carbons (Fsp3) is 0.522. The largest absolute Gasteiger partial charge is 0.493 e. The summed E-state index contributed by atoms with van der Waals surface area (Å²) in [6, 6.07) is 11.4. The molecule has 0 atom stereocenters. The van der Waals surface area contributed by atoms with Gasteiger partial charge in [0.15, 0.2) is 17.3 Å². The Balaban J connectivity index is 1.21. The molecule has 4 aliphatic carbocycles. The molecule has 6 rings (SSSR count). The number of furan rings is 1. The molecule has 4 bridgehead atoms. The van der Waals surface area contributed by atoms with E-state index in [1.807, 2.05) is 24.3 Å². The zero-order valence-corrected chi connectivity index (χ0v) is 16.2. The molecule has 4 aliphatic rings. The Morgan fingerprint density at radius 3 is 2.36 bits per heavy atom. The maximum Gasteiger partial charge on any atom is 0.287 e. The first-order valence-electron chi connectivity index (χ1n) is 10.3. The van der Waals surface area contributed by atoms with Gasteiger partial charge in [-0.2, -0.15) is 0 Å². The van der Waals surface area contributed by atoms with Crippen LogP contribution in [0.2, 0.25) is 0 Å². The normalized spacial score (nSPS) is 30.2. The number of nitrogens with one attached hydrogen (secondary N) is 1. The van der Waals surface area contributed by atoms with E-state index < -0.39 is 0 Å². The van der Waals surface area contributed by atoms with Gasteiger partial charge in [-0.05, 0) is 80.0 Å². The average Bonchev–Trinajstić information content (AvgIpc) is 3.18. The molecule has 0 radical (unpaired) electrons. The van der Waals surface area contributed by atoms with Crippen LogP contribution in [0.4, 0.5) is 0 Å². The zero-order valence-electron chi connectivity index (χ0n) is 16.2. The van der Waals surface area contributed by atoms with Gasteiger partial charge in [0.05, 0.1) is 7.11 Å². The van der Waals surface area contributed by atoms with Crippen LogP contribution in [0.3, 0.4) is 0 Å². The van der Waals surface area contributed by atoms with Crippen molar-refractivity contribution in [3.8, 4) is 11.5 Å². The highest BCUT2D eigenvalue weighted by atomic mass is 16.5. The molecule has 5 nitrogen and oxygen atoms in total. The molecule has 0 aliphatic heterocycles. The molecule has 28 heavy (non-hydrogen) atoms. The summed E-state index contributed by atoms with van der Waals surface area (Å²) >= 11 is 0. The van der Waals surface area contributed by atoms with E-state index in [0.717, 1.165) is 11.8 Å². The Kier molecular flexibility index (Phi) is 4.53. The van der Waals surface area contributed by atoms with Gasteiger partial charge in [0.2, 0.25) is 0 Å². The van der Waals surface area contributed by atoms with Crippen LogP contribution in [0, 0.1) is 23.7 Å². The topological polar surface area (TPSA) is 60.7 Å². The van der Waals surface area contributed by atoms with Gasteiger partial charge in [-0.3, -0.25) is 4.79 Å². The summed E-state index contributed by atoms with van der Waals surface area (Å²) in [5.41, 5.74) is 0. The summed E-state index contributed by atoms with van der Waals surface area (Å²) in [5, 5.41) is 3.29. The molecule has 2 aromatic rings. The maximum atomic E-state index is 12.8. The lowest BCUT2D eigenvalue weighted by molar-refractivity contribution is -0.0123.